The molecular formula is C14H21N2S+. The van der Waals surface area contributed by atoms with Crippen molar-refractivity contribution in [3.8, 4) is 0 Å². The molecule has 0 aliphatic carbocycles. The van der Waals surface area contributed by atoms with Crippen LogP contribution in [0.15, 0.2) is 30.3 Å². The monoisotopic (exact) mass is 249 g/mol. The van der Waals surface area contributed by atoms with Crippen molar-refractivity contribution >= 4 is 16.9 Å². The van der Waals surface area contributed by atoms with Crippen LogP contribution in [0.4, 0.5) is 0 Å². The van der Waals surface area contributed by atoms with E-state index in [-0.39, 0.29) is 5.54 Å². The molecule has 1 aromatic rings. The minimum Gasteiger partial charge on any atom is -0.265 e. The first kappa shape index (κ1) is 12.5. The van der Waals surface area contributed by atoms with E-state index in [0.29, 0.717) is 5.25 Å². The third kappa shape index (κ3) is 3.77. The quantitative estimate of drug-likeness (QED) is 0.831. The molecule has 1 aliphatic rings. The molecule has 92 valence electrons. The SMILES string of the molecule is CC1CC(C)(C)NC(=[NH+]Cc2ccccc2)S1. The Hall–Kier alpha value is -0.960. The van der Waals surface area contributed by atoms with Crippen LogP contribution in [0.3, 0.4) is 0 Å². The Balaban J connectivity index is 2.02. The third-order valence-electron chi connectivity index (χ3n) is 2.86. The molecule has 17 heavy (non-hydrogen) atoms. The van der Waals surface area contributed by atoms with Gasteiger partial charge in [0.05, 0.1) is 0 Å². The Kier molecular flexibility index (Phi) is 3.77. The van der Waals surface area contributed by atoms with E-state index in [0.717, 1.165) is 6.54 Å². The van der Waals surface area contributed by atoms with Gasteiger partial charge in [-0.1, -0.05) is 37.3 Å². The Labute approximate surface area is 108 Å². The molecule has 0 aromatic heterocycles. The molecule has 0 amide bonds. The Morgan fingerprint density at radius 2 is 2.06 bits per heavy atom. The molecule has 1 fully saturated rings. The van der Waals surface area contributed by atoms with Gasteiger partial charge in [0.2, 0.25) is 0 Å². The number of hydrogen-bond donors (Lipinski definition) is 2. The summed E-state index contributed by atoms with van der Waals surface area (Å²) in [5.41, 5.74) is 1.52. The summed E-state index contributed by atoms with van der Waals surface area (Å²) < 4.78 is 0. The second-order valence-electron chi connectivity index (χ2n) is 5.31. The fourth-order valence-corrected chi connectivity index (χ4v) is 3.61. The van der Waals surface area contributed by atoms with Crippen LogP contribution in [0.1, 0.15) is 32.8 Å². The molecule has 1 heterocycles. The summed E-state index contributed by atoms with van der Waals surface area (Å²) in [4.78, 5) is 3.49. The molecule has 2 N–H and O–H groups in total. The van der Waals surface area contributed by atoms with Crippen LogP contribution in [0, 0.1) is 0 Å². The van der Waals surface area contributed by atoms with E-state index < -0.39 is 0 Å². The van der Waals surface area contributed by atoms with Gasteiger partial charge < -0.3 is 0 Å². The highest BCUT2D eigenvalue weighted by Crippen LogP contribution is 2.26. The minimum absolute atomic E-state index is 0.198. The highest BCUT2D eigenvalue weighted by atomic mass is 32.2. The average molecular weight is 249 g/mol. The molecule has 1 saturated heterocycles. The summed E-state index contributed by atoms with van der Waals surface area (Å²) in [6, 6.07) is 10.5. The third-order valence-corrected chi connectivity index (χ3v) is 3.92. The molecule has 0 radical (unpaired) electrons. The second kappa shape index (κ2) is 5.13. The molecule has 1 unspecified atom stereocenters. The molecular weight excluding hydrogens is 228 g/mol. The van der Waals surface area contributed by atoms with Gasteiger partial charge in [-0.3, -0.25) is 10.3 Å². The fraction of sp³-hybridized carbons (Fsp3) is 0.500. The number of thioether (sulfide) groups is 1. The molecule has 0 spiro atoms. The van der Waals surface area contributed by atoms with Crippen molar-refractivity contribution < 1.29 is 4.99 Å². The van der Waals surface area contributed by atoms with E-state index in [1.165, 1.54) is 17.2 Å². The van der Waals surface area contributed by atoms with Crippen LogP contribution in [0.5, 0.6) is 0 Å². The Morgan fingerprint density at radius 1 is 1.35 bits per heavy atom. The smallest absolute Gasteiger partial charge is 0.265 e. The fourth-order valence-electron chi connectivity index (χ4n) is 2.21. The zero-order chi connectivity index (χ0) is 12.3. The first-order valence-corrected chi connectivity index (χ1v) is 7.03. The lowest BCUT2D eigenvalue weighted by Gasteiger charge is -2.30. The lowest BCUT2D eigenvalue weighted by molar-refractivity contribution is -0.474. The van der Waals surface area contributed by atoms with Crippen LogP contribution in [0.25, 0.3) is 0 Å². The molecule has 1 aliphatic heterocycles. The molecule has 1 atom stereocenters. The summed E-state index contributed by atoms with van der Waals surface area (Å²) in [5.74, 6) is 0. The normalized spacial score (nSPS) is 25.6. The second-order valence-corrected chi connectivity index (χ2v) is 6.76. The number of amidine groups is 1. The van der Waals surface area contributed by atoms with Gasteiger partial charge in [-0.15, -0.1) is 0 Å². The average Bonchev–Trinajstić information content (AvgIpc) is 2.25. The van der Waals surface area contributed by atoms with E-state index in [9.17, 15) is 0 Å². The van der Waals surface area contributed by atoms with Crippen molar-refractivity contribution in [3.63, 3.8) is 0 Å². The lowest BCUT2D eigenvalue weighted by atomic mass is 9.99. The Morgan fingerprint density at radius 3 is 2.71 bits per heavy atom. The van der Waals surface area contributed by atoms with Crippen LogP contribution in [-0.2, 0) is 6.54 Å². The van der Waals surface area contributed by atoms with E-state index in [1.54, 1.807) is 0 Å². The van der Waals surface area contributed by atoms with Crippen LogP contribution < -0.4 is 10.3 Å². The van der Waals surface area contributed by atoms with Gasteiger partial charge >= 0.3 is 5.17 Å². The predicted molar refractivity (Wildman–Crippen MR) is 75.0 cm³/mol. The van der Waals surface area contributed by atoms with Crippen molar-refractivity contribution in [1.82, 2.24) is 5.32 Å². The Bertz CT molecular complexity index is 398. The lowest BCUT2D eigenvalue weighted by Crippen LogP contribution is -2.76. The minimum atomic E-state index is 0.198. The van der Waals surface area contributed by atoms with Crippen molar-refractivity contribution in [3.05, 3.63) is 35.9 Å². The molecule has 2 nitrogen and oxygen atoms in total. The largest absolute Gasteiger partial charge is 0.305 e. The van der Waals surface area contributed by atoms with E-state index in [2.05, 4.69) is 61.4 Å². The van der Waals surface area contributed by atoms with Gasteiger partial charge in [0.25, 0.3) is 0 Å². The van der Waals surface area contributed by atoms with E-state index >= 15 is 0 Å². The highest BCUT2D eigenvalue weighted by Gasteiger charge is 2.34. The van der Waals surface area contributed by atoms with Gasteiger partial charge in [0.1, 0.15) is 12.1 Å². The maximum absolute atomic E-state index is 3.56. The molecule has 3 heteroatoms. The summed E-state index contributed by atoms with van der Waals surface area (Å²) in [6.45, 7) is 7.69. The highest BCUT2D eigenvalue weighted by molar-refractivity contribution is 8.14. The number of hydrogen-bond acceptors (Lipinski definition) is 1. The van der Waals surface area contributed by atoms with Crippen molar-refractivity contribution in [2.24, 2.45) is 0 Å². The van der Waals surface area contributed by atoms with Gasteiger partial charge in [-0.2, -0.15) is 0 Å². The van der Waals surface area contributed by atoms with Crippen LogP contribution >= 0.6 is 11.8 Å². The molecule has 0 bridgehead atoms. The molecule has 1 aromatic carbocycles. The maximum atomic E-state index is 3.56. The predicted octanol–water partition coefficient (Wildman–Crippen LogP) is 1.52. The van der Waals surface area contributed by atoms with Gasteiger partial charge in [-0.25, -0.2) is 0 Å². The van der Waals surface area contributed by atoms with Gasteiger partial charge in [-0.05, 0) is 31.2 Å². The maximum Gasteiger partial charge on any atom is 0.305 e. The zero-order valence-corrected chi connectivity index (χ0v) is 11.6. The van der Waals surface area contributed by atoms with Crippen molar-refractivity contribution in [1.29, 1.82) is 0 Å². The van der Waals surface area contributed by atoms with E-state index in [4.69, 9.17) is 0 Å². The summed E-state index contributed by atoms with van der Waals surface area (Å²) in [5, 5.41) is 5.44. The summed E-state index contributed by atoms with van der Waals surface area (Å²) in [7, 11) is 0. The number of rotatable bonds is 2. The number of benzene rings is 1. The van der Waals surface area contributed by atoms with Gasteiger partial charge in [0.15, 0.2) is 0 Å². The standard InChI is InChI=1S/C14H20N2S/c1-11-9-14(2,3)16-13(17-11)15-10-12-7-5-4-6-8-12/h4-8,11H,9-10H2,1-3H3,(H,15,16)/p+1. The first-order valence-electron chi connectivity index (χ1n) is 6.15. The zero-order valence-electron chi connectivity index (χ0n) is 10.8. The van der Waals surface area contributed by atoms with Crippen molar-refractivity contribution in [2.45, 2.75) is 44.5 Å². The van der Waals surface area contributed by atoms with Crippen LogP contribution in [0.2, 0.25) is 0 Å². The molecule has 2 rings (SSSR count). The topological polar surface area (TPSA) is 26.0 Å². The number of nitrogens with one attached hydrogen (secondary N) is 2. The van der Waals surface area contributed by atoms with Gasteiger partial charge in [0, 0.05) is 11.7 Å². The molecule has 0 saturated carbocycles. The van der Waals surface area contributed by atoms with Crippen molar-refractivity contribution in [2.75, 3.05) is 0 Å². The summed E-state index contributed by atoms with van der Waals surface area (Å²) >= 11 is 1.90. The van der Waals surface area contributed by atoms with Crippen LogP contribution in [-0.4, -0.2) is 16.0 Å². The van der Waals surface area contributed by atoms with E-state index in [1.807, 2.05) is 11.8 Å². The first-order chi connectivity index (χ1) is 8.05. The summed E-state index contributed by atoms with van der Waals surface area (Å²) in [6.07, 6.45) is 1.20.